The third-order valence-corrected chi connectivity index (χ3v) is 3.68. The predicted octanol–water partition coefficient (Wildman–Crippen LogP) is 3.60. The standard InChI is InChI=1S/C17H15FN2/c1-17(19,13-5-7-14(18)8-6-13)16-4-2-3-12-11-20-10-9-15(12)16/h2-11H,19H2,1H3. The molecule has 0 fully saturated rings. The molecule has 2 N–H and O–H groups in total. The van der Waals surface area contributed by atoms with Crippen LogP contribution in [-0.4, -0.2) is 4.98 Å². The molecule has 1 aromatic heterocycles. The molecule has 2 aromatic carbocycles. The minimum Gasteiger partial charge on any atom is -0.318 e. The topological polar surface area (TPSA) is 38.9 Å². The molecule has 0 spiro atoms. The first-order chi connectivity index (χ1) is 9.59. The van der Waals surface area contributed by atoms with Gasteiger partial charge in [0.1, 0.15) is 5.82 Å². The number of aromatic nitrogens is 1. The quantitative estimate of drug-likeness (QED) is 0.769. The van der Waals surface area contributed by atoms with Crippen LogP contribution in [-0.2, 0) is 5.54 Å². The first-order valence-corrected chi connectivity index (χ1v) is 6.47. The Morgan fingerprint density at radius 1 is 1.05 bits per heavy atom. The first-order valence-electron chi connectivity index (χ1n) is 6.47. The van der Waals surface area contributed by atoms with Crippen molar-refractivity contribution >= 4 is 10.8 Å². The van der Waals surface area contributed by atoms with Crippen LogP contribution in [0.4, 0.5) is 4.39 Å². The van der Waals surface area contributed by atoms with E-state index >= 15 is 0 Å². The van der Waals surface area contributed by atoms with Crippen LogP contribution in [0, 0.1) is 5.82 Å². The fraction of sp³-hybridized carbons (Fsp3) is 0.118. The van der Waals surface area contributed by atoms with Crippen molar-refractivity contribution in [3.8, 4) is 0 Å². The molecule has 0 saturated heterocycles. The molecule has 1 atom stereocenters. The Kier molecular flexibility index (Phi) is 2.99. The second-order valence-corrected chi connectivity index (χ2v) is 5.11. The number of rotatable bonds is 2. The zero-order chi connectivity index (χ0) is 14.2. The molecule has 3 heteroatoms. The van der Waals surface area contributed by atoms with Gasteiger partial charge in [0.15, 0.2) is 0 Å². The van der Waals surface area contributed by atoms with Gasteiger partial charge in [0.25, 0.3) is 0 Å². The zero-order valence-electron chi connectivity index (χ0n) is 11.2. The third kappa shape index (κ3) is 2.06. The van der Waals surface area contributed by atoms with Crippen molar-refractivity contribution in [2.75, 3.05) is 0 Å². The lowest BCUT2D eigenvalue weighted by molar-refractivity contribution is 0.597. The Labute approximate surface area is 117 Å². The van der Waals surface area contributed by atoms with Crippen LogP contribution in [0.3, 0.4) is 0 Å². The molecule has 3 aromatic rings. The summed E-state index contributed by atoms with van der Waals surface area (Å²) in [6.45, 7) is 1.94. The summed E-state index contributed by atoms with van der Waals surface area (Å²) >= 11 is 0. The van der Waals surface area contributed by atoms with Crippen molar-refractivity contribution in [2.45, 2.75) is 12.5 Å². The summed E-state index contributed by atoms with van der Waals surface area (Å²) in [5.41, 5.74) is 7.73. The molecule has 0 aliphatic heterocycles. The summed E-state index contributed by atoms with van der Waals surface area (Å²) < 4.78 is 13.1. The van der Waals surface area contributed by atoms with Gasteiger partial charge in [-0.25, -0.2) is 4.39 Å². The van der Waals surface area contributed by atoms with Crippen molar-refractivity contribution in [2.24, 2.45) is 5.73 Å². The maximum Gasteiger partial charge on any atom is 0.123 e. The molecular formula is C17H15FN2. The number of hydrogen-bond donors (Lipinski definition) is 1. The lowest BCUT2D eigenvalue weighted by Gasteiger charge is -2.27. The average molecular weight is 266 g/mol. The first kappa shape index (κ1) is 12.8. The smallest absolute Gasteiger partial charge is 0.123 e. The van der Waals surface area contributed by atoms with Crippen LogP contribution in [0.15, 0.2) is 60.9 Å². The lowest BCUT2D eigenvalue weighted by Crippen LogP contribution is -2.34. The molecule has 0 radical (unpaired) electrons. The summed E-state index contributed by atoms with van der Waals surface area (Å²) in [7, 11) is 0. The largest absolute Gasteiger partial charge is 0.318 e. The van der Waals surface area contributed by atoms with Gasteiger partial charge in [-0.3, -0.25) is 4.98 Å². The summed E-state index contributed by atoms with van der Waals surface area (Å²) in [6, 6.07) is 14.3. The van der Waals surface area contributed by atoms with Crippen LogP contribution in [0.5, 0.6) is 0 Å². The van der Waals surface area contributed by atoms with Crippen molar-refractivity contribution in [3.05, 3.63) is 77.9 Å². The fourth-order valence-corrected chi connectivity index (χ4v) is 2.53. The SMILES string of the molecule is CC(N)(c1ccc(F)cc1)c1cccc2cnccc12. The van der Waals surface area contributed by atoms with E-state index in [1.54, 1.807) is 18.3 Å². The van der Waals surface area contributed by atoms with Crippen LogP contribution < -0.4 is 5.73 Å². The number of hydrogen-bond acceptors (Lipinski definition) is 2. The molecule has 0 amide bonds. The summed E-state index contributed by atoms with van der Waals surface area (Å²) in [6.07, 6.45) is 3.58. The van der Waals surface area contributed by atoms with Gasteiger partial charge in [0, 0.05) is 17.8 Å². The average Bonchev–Trinajstić information content (AvgIpc) is 2.47. The highest BCUT2D eigenvalue weighted by molar-refractivity contribution is 5.86. The van der Waals surface area contributed by atoms with Gasteiger partial charge in [-0.2, -0.15) is 0 Å². The molecular weight excluding hydrogens is 251 g/mol. The maximum atomic E-state index is 13.1. The van der Waals surface area contributed by atoms with Crippen LogP contribution in [0.1, 0.15) is 18.1 Å². The molecule has 0 bridgehead atoms. The van der Waals surface area contributed by atoms with E-state index in [1.165, 1.54) is 12.1 Å². The minimum atomic E-state index is -0.686. The van der Waals surface area contributed by atoms with Gasteiger partial charge in [0.2, 0.25) is 0 Å². The van der Waals surface area contributed by atoms with Crippen LogP contribution >= 0.6 is 0 Å². The Hall–Kier alpha value is -2.26. The fourth-order valence-electron chi connectivity index (χ4n) is 2.53. The van der Waals surface area contributed by atoms with E-state index in [1.807, 2.05) is 37.4 Å². The number of fused-ring (bicyclic) bond motifs is 1. The highest BCUT2D eigenvalue weighted by Crippen LogP contribution is 2.31. The molecule has 2 nitrogen and oxygen atoms in total. The Morgan fingerprint density at radius 3 is 2.55 bits per heavy atom. The van der Waals surface area contributed by atoms with Gasteiger partial charge in [0.05, 0.1) is 5.54 Å². The maximum absolute atomic E-state index is 13.1. The van der Waals surface area contributed by atoms with Gasteiger partial charge >= 0.3 is 0 Å². The summed E-state index contributed by atoms with van der Waals surface area (Å²) in [5.74, 6) is -0.258. The predicted molar refractivity (Wildman–Crippen MR) is 78.8 cm³/mol. The van der Waals surface area contributed by atoms with E-state index in [4.69, 9.17) is 5.73 Å². The van der Waals surface area contributed by atoms with Crippen molar-refractivity contribution in [3.63, 3.8) is 0 Å². The van der Waals surface area contributed by atoms with Gasteiger partial charge in [-0.05, 0) is 41.6 Å². The molecule has 20 heavy (non-hydrogen) atoms. The molecule has 1 unspecified atom stereocenters. The van der Waals surface area contributed by atoms with E-state index < -0.39 is 5.54 Å². The summed E-state index contributed by atoms with van der Waals surface area (Å²) in [4.78, 5) is 4.13. The minimum absolute atomic E-state index is 0.258. The summed E-state index contributed by atoms with van der Waals surface area (Å²) in [5, 5.41) is 2.11. The number of pyridine rings is 1. The van der Waals surface area contributed by atoms with E-state index in [-0.39, 0.29) is 5.82 Å². The number of benzene rings is 2. The monoisotopic (exact) mass is 266 g/mol. The van der Waals surface area contributed by atoms with Gasteiger partial charge in [-0.1, -0.05) is 30.3 Å². The number of nitrogens with two attached hydrogens (primary N) is 1. The van der Waals surface area contributed by atoms with Crippen molar-refractivity contribution in [1.29, 1.82) is 0 Å². The van der Waals surface area contributed by atoms with Crippen LogP contribution in [0.2, 0.25) is 0 Å². The van der Waals surface area contributed by atoms with Crippen molar-refractivity contribution < 1.29 is 4.39 Å². The molecule has 3 rings (SSSR count). The Morgan fingerprint density at radius 2 is 1.80 bits per heavy atom. The lowest BCUT2D eigenvalue weighted by atomic mass is 9.83. The second kappa shape index (κ2) is 4.69. The van der Waals surface area contributed by atoms with Gasteiger partial charge < -0.3 is 5.73 Å². The zero-order valence-corrected chi connectivity index (χ0v) is 11.2. The Balaban J connectivity index is 2.20. The number of halogens is 1. The van der Waals surface area contributed by atoms with E-state index in [0.29, 0.717) is 0 Å². The molecule has 1 heterocycles. The van der Waals surface area contributed by atoms with E-state index in [9.17, 15) is 4.39 Å². The molecule has 0 aliphatic carbocycles. The molecule has 0 saturated carbocycles. The van der Waals surface area contributed by atoms with Gasteiger partial charge in [-0.15, -0.1) is 0 Å². The van der Waals surface area contributed by atoms with Crippen LogP contribution in [0.25, 0.3) is 10.8 Å². The van der Waals surface area contributed by atoms with E-state index in [0.717, 1.165) is 21.9 Å². The normalized spacial score (nSPS) is 14.2. The Bertz CT molecular complexity index is 743. The van der Waals surface area contributed by atoms with Crippen molar-refractivity contribution in [1.82, 2.24) is 4.98 Å². The molecule has 0 aliphatic rings. The third-order valence-electron chi connectivity index (χ3n) is 3.68. The highest BCUT2D eigenvalue weighted by Gasteiger charge is 2.25. The second-order valence-electron chi connectivity index (χ2n) is 5.11. The van der Waals surface area contributed by atoms with E-state index in [2.05, 4.69) is 4.98 Å². The number of nitrogens with zero attached hydrogens (tertiary/aromatic N) is 1. The highest BCUT2D eigenvalue weighted by atomic mass is 19.1. The molecule has 100 valence electrons.